The molecule has 39 heavy (non-hydrogen) atoms. The molecule has 0 N–H and O–H groups in total. The minimum Gasteiger partial charge on any atom is -0.456 e. The van der Waals surface area contributed by atoms with E-state index in [9.17, 15) is 0 Å². The van der Waals surface area contributed by atoms with Gasteiger partial charge in [0.15, 0.2) is 17.5 Å². The van der Waals surface area contributed by atoms with E-state index in [2.05, 4.69) is 56.3 Å². The van der Waals surface area contributed by atoms with Gasteiger partial charge >= 0.3 is 0 Å². The highest BCUT2D eigenvalue weighted by Crippen LogP contribution is 2.38. The normalized spacial score (nSPS) is 11.3. The zero-order chi connectivity index (χ0) is 26.3. The second-order valence-electron chi connectivity index (χ2n) is 9.83. The van der Waals surface area contributed by atoms with Crippen molar-refractivity contribution in [2.45, 2.75) is 13.8 Å². The fourth-order valence-corrected chi connectivity index (χ4v) is 5.04. The number of rotatable bonds is 4. The van der Waals surface area contributed by atoms with E-state index in [1.807, 2.05) is 72.8 Å². The van der Waals surface area contributed by atoms with Crippen LogP contribution in [0.4, 0.5) is 0 Å². The molecule has 0 fully saturated rings. The molecule has 0 aliphatic carbocycles. The SMILES string of the molecule is Cc1ccc(-c2ccc3oc4cccc(-c5nc(-c6ccccc6)nc(-c6ccccc6)n5)c4c3c2)cc1C. The van der Waals surface area contributed by atoms with E-state index in [1.54, 1.807) is 0 Å². The van der Waals surface area contributed by atoms with Gasteiger partial charge in [-0.05, 0) is 54.3 Å². The largest absolute Gasteiger partial charge is 0.456 e. The maximum absolute atomic E-state index is 6.31. The van der Waals surface area contributed by atoms with Gasteiger partial charge in [-0.25, -0.2) is 15.0 Å². The number of nitrogens with zero attached hydrogens (tertiary/aromatic N) is 3. The van der Waals surface area contributed by atoms with Gasteiger partial charge < -0.3 is 4.42 Å². The van der Waals surface area contributed by atoms with Gasteiger partial charge in [0.2, 0.25) is 0 Å². The molecule has 4 nitrogen and oxygen atoms in total. The molecule has 0 amide bonds. The third-order valence-corrected chi connectivity index (χ3v) is 7.28. The maximum atomic E-state index is 6.31. The number of aromatic nitrogens is 3. The summed E-state index contributed by atoms with van der Waals surface area (Å²) in [6, 6.07) is 39.2. The van der Waals surface area contributed by atoms with Crippen LogP contribution in [-0.4, -0.2) is 15.0 Å². The monoisotopic (exact) mass is 503 g/mol. The molecular formula is C35H25N3O. The summed E-state index contributed by atoms with van der Waals surface area (Å²) in [6.07, 6.45) is 0. The molecule has 0 bridgehead atoms. The maximum Gasteiger partial charge on any atom is 0.164 e. The van der Waals surface area contributed by atoms with Crippen molar-refractivity contribution < 1.29 is 4.42 Å². The summed E-state index contributed by atoms with van der Waals surface area (Å²) < 4.78 is 6.31. The highest BCUT2D eigenvalue weighted by atomic mass is 16.3. The lowest BCUT2D eigenvalue weighted by atomic mass is 9.98. The number of hydrogen-bond donors (Lipinski definition) is 0. The zero-order valence-electron chi connectivity index (χ0n) is 21.7. The average molecular weight is 504 g/mol. The van der Waals surface area contributed by atoms with Crippen molar-refractivity contribution in [3.63, 3.8) is 0 Å². The molecule has 0 radical (unpaired) electrons. The van der Waals surface area contributed by atoms with Gasteiger partial charge in [-0.15, -0.1) is 0 Å². The van der Waals surface area contributed by atoms with Gasteiger partial charge in [0.1, 0.15) is 11.2 Å². The quantitative estimate of drug-likeness (QED) is 0.240. The summed E-state index contributed by atoms with van der Waals surface area (Å²) in [5.41, 5.74) is 9.35. The predicted octanol–water partition coefficient (Wildman–Crippen LogP) is 9.06. The molecule has 2 aromatic heterocycles. The Bertz CT molecular complexity index is 1920. The highest BCUT2D eigenvalue weighted by molar-refractivity contribution is 6.12. The number of aryl methyl sites for hydroxylation is 2. The summed E-state index contributed by atoms with van der Waals surface area (Å²) in [6.45, 7) is 4.29. The second-order valence-corrected chi connectivity index (χ2v) is 9.83. The Morgan fingerprint density at radius 2 is 1.08 bits per heavy atom. The number of fused-ring (bicyclic) bond motifs is 3. The predicted molar refractivity (Wildman–Crippen MR) is 158 cm³/mol. The molecular weight excluding hydrogens is 478 g/mol. The summed E-state index contributed by atoms with van der Waals surface area (Å²) in [5.74, 6) is 1.90. The van der Waals surface area contributed by atoms with Crippen LogP contribution in [0.5, 0.6) is 0 Å². The van der Waals surface area contributed by atoms with E-state index in [-0.39, 0.29) is 0 Å². The minimum atomic E-state index is 0.618. The molecule has 0 aliphatic heterocycles. The van der Waals surface area contributed by atoms with Crippen LogP contribution < -0.4 is 0 Å². The molecule has 0 saturated carbocycles. The second kappa shape index (κ2) is 9.34. The fourth-order valence-electron chi connectivity index (χ4n) is 5.04. The van der Waals surface area contributed by atoms with Crippen LogP contribution in [0.15, 0.2) is 120 Å². The molecule has 186 valence electrons. The average Bonchev–Trinajstić information content (AvgIpc) is 3.37. The first-order chi connectivity index (χ1) is 19.1. The molecule has 0 aliphatic rings. The molecule has 5 aromatic carbocycles. The molecule has 0 saturated heterocycles. The molecule has 0 spiro atoms. The molecule has 7 rings (SSSR count). The zero-order valence-corrected chi connectivity index (χ0v) is 21.7. The van der Waals surface area contributed by atoms with Gasteiger partial charge in [0, 0.05) is 27.5 Å². The third kappa shape index (κ3) is 4.16. The van der Waals surface area contributed by atoms with Crippen molar-refractivity contribution in [2.75, 3.05) is 0 Å². The molecule has 0 unspecified atom stereocenters. The van der Waals surface area contributed by atoms with Crippen LogP contribution in [0, 0.1) is 13.8 Å². The van der Waals surface area contributed by atoms with E-state index >= 15 is 0 Å². The van der Waals surface area contributed by atoms with Gasteiger partial charge in [-0.2, -0.15) is 0 Å². The Balaban J connectivity index is 1.47. The molecule has 7 aromatic rings. The Kier molecular flexibility index (Phi) is 5.52. The van der Waals surface area contributed by atoms with Crippen LogP contribution in [0.25, 0.3) is 67.2 Å². The Labute approximate surface area is 226 Å². The highest BCUT2D eigenvalue weighted by Gasteiger charge is 2.18. The van der Waals surface area contributed by atoms with Crippen LogP contribution in [-0.2, 0) is 0 Å². The lowest BCUT2D eigenvalue weighted by molar-refractivity contribution is 0.669. The summed E-state index contributed by atoms with van der Waals surface area (Å²) >= 11 is 0. The first-order valence-electron chi connectivity index (χ1n) is 13.0. The molecule has 2 heterocycles. The van der Waals surface area contributed by atoms with Gasteiger partial charge in [-0.1, -0.05) is 97.1 Å². The van der Waals surface area contributed by atoms with E-state index in [4.69, 9.17) is 19.4 Å². The van der Waals surface area contributed by atoms with Crippen molar-refractivity contribution in [1.82, 2.24) is 15.0 Å². The number of furan rings is 1. The number of hydrogen-bond acceptors (Lipinski definition) is 4. The van der Waals surface area contributed by atoms with E-state index in [0.29, 0.717) is 17.5 Å². The summed E-state index contributed by atoms with van der Waals surface area (Å²) in [7, 11) is 0. The van der Waals surface area contributed by atoms with Crippen molar-refractivity contribution in [3.05, 3.63) is 126 Å². The van der Waals surface area contributed by atoms with Crippen molar-refractivity contribution >= 4 is 21.9 Å². The van der Waals surface area contributed by atoms with Crippen LogP contribution >= 0.6 is 0 Å². The molecule has 4 heteroatoms. The van der Waals surface area contributed by atoms with Gasteiger partial charge in [-0.3, -0.25) is 0 Å². The smallest absolute Gasteiger partial charge is 0.164 e. The topological polar surface area (TPSA) is 51.8 Å². The van der Waals surface area contributed by atoms with Gasteiger partial charge in [0.05, 0.1) is 0 Å². The number of benzene rings is 5. The Morgan fingerprint density at radius 3 is 1.74 bits per heavy atom. The van der Waals surface area contributed by atoms with E-state index < -0.39 is 0 Å². The first kappa shape index (κ1) is 23.1. The fraction of sp³-hybridized carbons (Fsp3) is 0.0571. The van der Waals surface area contributed by atoms with E-state index in [0.717, 1.165) is 44.2 Å². The molecule has 0 atom stereocenters. The van der Waals surface area contributed by atoms with Gasteiger partial charge in [0.25, 0.3) is 0 Å². The van der Waals surface area contributed by atoms with Crippen LogP contribution in [0.1, 0.15) is 11.1 Å². The Hall–Kier alpha value is -5.09. The standard InChI is InChI=1S/C35H25N3O/c1-22-16-17-26(20-23(22)2)27-18-19-30-29(21-27)32-28(14-9-15-31(32)39-30)35-37-33(24-10-5-3-6-11-24)36-34(38-35)25-12-7-4-8-13-25/h3-21H,1-2H3. The Morgan fingerprint density at radius 1 is 0.462 bits per heavy atom. The van der Waals surface area contributed by atoms with Crippen LogP contribution in [0.3, 0.4) is 0 Å². The third-order valence-electron chi connectivity index (χ3n) is 7.28. The van der Waals surface area contributed by atoms with E-state index in [1.165, 1.54) is 16.7 Å². The van der Waals surface area contributed by atoms with Crippen LogP contribution in [0.2, 0.25) is 0 Å². The van der Waals surface area contributed by atoms with Crippen molar-refractivity contribution in [3.8, 4) is 45.3 Å². The minimum absolute atomic E-state index is 0.618. The summed E-state index contributed by atoms with van der Waals surface area (Å²) in [5, 5.41) is 2.04. The first-order valence-corrected chi connectivity index (χ1v) is 13.0. The summed E-state index contributed by atoms with van der Waals surface area (Å²) in [4.78, 5) is 14.8. The van der Waals surface area contributed by atoms with Crippen molar-refractivity contribution in [1.29, 1.82) is 0 Å². The lowest BCUT2D eigenvalue weighted by Gasteiger charge is -2.09. The van der Waals surface area contributed by atoms with Crippen molar-refractivity contribution in [2.24, 2.45) is 0 Å². The lowest BCUT2D eigenvalue weighted by Crippen LogP contribution is -2.00.